The molecule has 2 N–H and O–H groups in total. The number of aryl methyl sites for hydroxylation is 2. The highest BCUT2D eigenvalue weighted by molar-refractivity contribution is 5.57. The molecule has 0 bridgehead atoms. The van der Waals surface area contributed by atoms with Gasteiger partial charge in [-0.05, 0) is 45.9 Å². The van der Waals surface area contributed by atoms with Crippen LogP contribution in [0.1, 0.15) is 25.2 Å². The second-order valence-electron chi connectivity index (χ2n) is 4.73. The van der Waals surface area contributed by atoms with Gasteiger partial charge >= 0.3 is 0 Å². The van der Waals surface area contributed by atoms with Crippen LogP contribution in [0.5, 0.6) is 5.75 Å². The lowest BCUT2D eigenvalue weighted by Gasteiger charge is -2.14. The van der Waals surface area contributed by atoms with Crippen LogP contribution >= 0.6 is 0 Å². The van der Waals surface area contributed by atoms with Crippen molar-refractivity contribution in [1.29, 1.82) is 0 Å². The standard InChI is InChI=1S/C14H19N3O/c1-9(2)18-14-8-12(5-6-13(14)15)17-11(4)7-10(3)16-17/h5-9H,15H2,1-4H3. The molecule has 2 aromatic rings. The highest BCUT2D eigenvalue weighted by Crippen LogP contribution is 2.26. The van der Waals surface area contributed by atoms with E-state index in [9.17, 15) is 0 Å². The Hall–Kier alpha value is -1.97. The Kier molecular flexibility index (Phi) is 3.28. The van der Waals surface area contributed by atoms with Gasteiger partial charge in [-0.1, -0.05) is 0 Å². The minimum absolute atomic E-state index is 0.100. The van der Waals surface area contributed by atoms with Gasteiger partial charge in [0.2, 0.25) is 0 Å². The van der Waals surface area contributed by atoms with Crippen molar-refractivity contribution in [2.75, 3.05) is 5.73 Å². The fourth-order valence-electron chi connectivity index (χ4n) is 1.90. The second-order valence-corrected chi connectivity index (χ2v) is 4.73. The van der Waals surface area contributed by atoms with E-state index in [0.717, 1.165) is 17.1 Å². The highest BCUT2D eigenvalue weighted by atomic mass is 16.5. The zero-order valence-electron chi connectivity index (χ0n) is 11.3. The van der Waals surface area contributed by atoms with Crippen LogP contribution in [0.2, 0.25) is 0 Å². The molecule has 96 valence electrons. The van der Waals surface area contributed by atoms with Crippen molar-refractivity contribution in [1.82, 2.24) is 9.78 Å². The van der Waals surface area contributed by atoms with Gasteiger partial charge in [-0.2, -0.15) is 5.10 Å². The van der Waals surface area contributed by atoms with Gasteiger partial charge in [-0.25, -0.2) is 4.68 Å². The molecule has 0 saturated carbocycles. The molecule has 0 spiro atoms. The van der Waals surface area contributed by atoms with Crippen LogP contribution in [0, 0.1) is 13.8 Å². The first-order valence-corrected chi connectivity index (χ1v) is 6.07. The molecule has 0 saturated heterocycles. The SMILES string of the molecule is Cc1cc(C)n(-c2ccc(N)c(OC(C)C)c2)n1. The van der Waals surface area contributed by atoms with Crippen LogP contribution < -0.4 is 10.5 Å². The Balaban J connectivity index is 2.43. The van der Waals surface area contributed by atoms with E-state index >= 15 is 0 Å². The lowest BCUT2D eigenvalue weighted by molar-refractivity contribution is 0.244. The molecule has 0 aliphatic heterocycles. The predicted octanol–water partition coefficient (Wildman–Crippen LogP) is 2.86. The van der Waals surface area contributed by atoms with Crippen molar-refractivity contribution in [2.45, 2.75) is 33.8 Å². The first-order valence-electron chi connectivity index (χ1n) is 6.07. The van der Waals surface area contributed by atoms with E-state index in [4.69, 9.17) is 10.5 Å². The van der Waals surface area contributed by atoms with E-state index in [-0.39, 0.29) is 6.10 Å². The molecule has 0 atom stereocenters. The third-order valence-corrected chi connectivity index (χ3v) is 2.61. The number of anilines is 1. The molecule has 1 aromatic carbocycles. The maximum atomic E-state index is 5.90. The molecule has 2 rings (SSSR count). The second kappa shape index (κ2) is 4.72. The van der Waals surface area contributed by atoms with E-state index in [1.165, 1.54) is 0 Å². The monoisotopic (exact) mass is 245 g/mol. The summed E-state index contributed by atoms with van der Waals surface area (Å²) in [7, 11) is 0. The zero-order chi connectivity index (χ0) is 13.3. The summed E-state index contributed by atoms with van der Waals surface area (Å²) in [6, 6.07) is 7.76. The van der Waals surface area contributed by atoms with Gasteiger partial charge in [0, 0.05) is 11.8 Å². The molecule has 0 amide bonds. The Morgan fingerprint density at radius 1 is 1.22 bits per heavy atom. The quantitative estimate of drug-likeness (QED) is 0.846. The van der Waals surface area contributed by atoms with Crippen LogP contribution in [0.15, 0.2) is 24.3 Å². The van der Waals surface area contributed by atoms with E-state index in [0.29, 0.717) is 11.4 Å². The van der Waals surface area contributed by atoms with Gasteiger partial charge in [-0.3, -0.25) is 0 Å². The van der Waals surface area contributed by atoms with Crippen molar-refractivity contribution in [3.05, 3.63) is 35.7 Å². The van der Waals surface area contributed by atoms with E-state index in [2.05, 4.69) is 5.10 Å². The van der Waals surface area contributed by atoms with Gasteiger partial charge in [0.25, 0.3) is 0 Å². The number of hydrogen-bond donors (Lipinski definition) is 1. The van der Waals surface area contributed by atoms with Crippen molar-refractivity contribution < 1.29 is 4.74 Å². The molecule has 4 heteroatoms. The highest BCUT2D eigenvalue weighted by Gasteiger charge is 2.08. The van der Waals surface area contributed by atoms with Crippen molar-refractivity contribution in [3.8, 4) is 11.4 Å². The molecular formula is C14H19N3O. The predicted molar refractivity (Wildman–Crippen MR) is 73.2 cm³/mol. The maximum absolute atomic E-state index is 5.90. The third-order valence-electron chi connectivity index (χ3n) is 2.61. The summed E-state index contributed by atoms with van der Waals surface area (Å²) in [6.07, 6.45) is 0.100. The Labute approximate surface area is 107 Å². The maximum Gasteiger partial charge on any atom is 0.144 e. The molecule has 18 heavy (non-hydrogen) atoms. The number of aromatic nitrogens is 2. The molecule has 0 unspecified atom stereocenters. The van der Waals surface area contributed by atoms with Crippen molar-refractivity contribution >= 4 is 5.69 Å². The van der Waals surface area contributed by atoms with Gasteiger partial charge in [-0.15, -0.1) is 0 Å². The molecule has 0 aliphatic rings. The molecule has 0 radical (unpaired) electrons. The molecule has 1 aromatic heterocycles. The van der Waals surface area contributed by atoms with Crippen LogP contribution in [0.25, 0.3) is 5.69 Å². The van der Waals surface area contributed by atoms with Gasteiger partial charge in [0.05, 0.1) is 23.2 Å². The fraction of sp³-hybridized carbons (Fsp3) is 0.357. The van der Waals surface area contributed by atoms with Crippen LogP contribution in [0.3, 0.4) is 0 Å². The molecule has 4 nitrogen and oxygen atoms in total. The molecular weight excluding hydrogens is 226 g/mol. The topological polar surface area (TPSA) is 53.1 Å². The summed E-state index contributed by atoms with van der Waals surface area (Å²) >= 11 is 0. The van der Waals surface area contributed by atoms with E-state index in [1.54, 1.807) is 0 Å². The third kappa shape index (κ3) is 2.47. The van der Waals surface area contributed by atoms with Crippen LogP contribution in [-0.2, 0) is 0 Å². The van der Waals surface area contributed by atoms with Gasteiger partial charge < -0.3 is 10.5 Å². The summed E-state index contributed by atoms with van der Waals surface area (Å²) in [5.41, 5.74) is 9.60. The number of ether oxygens (including phenoxy) is 1. The fourth-order valence-corrected chi connectivity index (χ4v) is 1.90. The largest absolute Gasteiger partial charge is 0.489 e. The summed E-state index contributed by atoms with van der Waals surface area (Å²) in [4.78, 5) is 0. The van der Waals surface area contributed by atoms with Gasteiger partial charge in [0.15, 0.2) is 0 Å². The van der Waals surface area contributed by atoms with Crippen LogP contribution in [-0.4, -0.2) is 15.9 Å². The average molecular weight is 245 g/mol. The minimum atomic E-state index is 0.100. The van der Waals surface area contributed by atoms with Gasteiger partial charge in [0.1, 0.15) is 5.75 Å². The number of nitrogens with two attached hydrogens (primary N) is 1. The molecule has 1 heterocycles. The number of hydrogen-bond acceptors (Lipinski definition) is 3. The Bertz CT molecular complexity index is 558. The van der Waals surface area contributed by atoms with Crippen molar-refractivity contribution in [2.24, 2.45) is 0 Å². The number of benzene rings is 1. The first kappa shape index (κ1) is 12.5. The minimum Gasteiger partial charge on any atom is -0.489 e. The summed E-state index contributed by atoms with van der Waals surface area (Å²) in [5, 5.41) is 4.45. The Morgan fingerprint density at radius 2 is 1.94 bits per heavy atom. The summed E-state index contributed by atoms with van der Waals surface area (Å²) < 4.78 is 7.58. The number of rotatable bonds is 3. The van der Waals surface area contributed by atoms with E-state index < -0.39 is 0 Å². The normalized spacial score (nSPS) is 10.9. The number of nitrogen functional groups attached to an aromatic ring is 1. The molecule has 0 fully saturated rings. The smallest absolute Gasteiger partial charge is 0.144 e. The molecule has 0 aliphatic carbocycles. The zero-order valence-corrected chi connectivity index (χ0v) is 11.3. The van der Waals surface area contributed by atoms with Crippen molar-refractivity contribution in [3.63, 3.8) is 0 Å². The summed E-state index contributed by atoms with van der Waals surface area (Å²) in [5.74, 6) is 0.704. The van der Waals surface area contributed by atoms with Crippen LogP contribution in [0.4, 0.5) is 5.69 Å². The summed E-state index contributed by atoms with van der Waals surface area (Å²) in [6.45, 7) is 7.97. The lowest BCUT2D eigenvalue weighted by Crippen LogP contribution is -2.08. The average Bonchev–Trinajstić information content (AvgIpc) is 2.60. The Morgan fingerprint density at radius 3 is 2.50 bits per heavy atom. The lowest BCUT2D eigenvalue weighted by atomic mass is 10.2. The first-order chi connectivity index (χ1) is 8.47. The number of nitrogens with zero attached hydrogens (tertiary/aromatic N) is 2. The van der Waals surface area contributed by atoms with E-state index in [1.807, 2.05) is 56.6 Å².